The molecule has 3 aromatic rings. The lowest BCUT2D eigenvalue weighted by molar-refractivity contribution is 0.0734. The number of H-pyrrole nitrogens is 1. The van der Waals surface area contributed by atoms with Crippen LogP contribution in [0.1, 0.15) is 51.1 Å². The quantitative estimate of drug-likeness (QED) is 0.662. The van der Waals surface area contributed by atoms with E-state index in [1.165, 1.54) is 28.8 Å². The van der Waals surface area contributed by atoms with Gasteiger partial charge in [0.1, 0.15) is 11.4 Å². The van der Waals surface area contributed by atoms with E-state index in [1.807, 2.05) is 0 Å². The van der Waals surface area contributed by atoms with Gasteiger partial charge < -0.3 is 15.2 Å². The van der Waals surface area contributed by atoms with Gasteiger partial charge in [0, 0.05) is 43.4 Å². The maximum Gasteiger partial charge on any atom is 0.268 e. The Kier molecular flexibility index (Phi) is 5.13. The highest BCUT2D eigenvalue weighted by molar-refractivity contribution is 5.97. The summed E-state index contributed by atoms with van der Waals surface area (Å²) in [7, 11) is 0. The zero-order chi connectivity index (χ0) is 22.2. The standard InChI is InChI=1S/C24H23FN4O3/c25-17-4-6-19(7-5-17)29-14-16-13-28(23(31)15-8-10-26-12-15)11-9-20(16)21(24(29)32)22(30)27-18-2-1-3-18/h4-8,10,12,14,18,26H,1-3,9,11,13H2,(H,27,30). The number of aromatic nitrogens is 2. The Balaban J connectivity index is 1.57. The zero-order valence-corrected chi connectivity index (χ0v) is 17.4. The molecule has 3 heterocycles. The number of carbonyl (C=O) groups excluding carboxylic acids is 2. The van der Waals surface area contributed by atoms with Crippen LogP contribution in [-0.2, 0) is 13.0 Å². The Morgan fingerprint density at radius 3 is 2.56 bits per heavy atom. The topological polar surface area (TPSA) is 87.2 Å². The minimum absolute atomic E-state index is 0.0901. The molecule has 8 heteroatoms. The molecule has 32 heavy (non-hydrogen) atoms. The summed E-state index contributed by atoms with van der Waals surface area (Å²) in [5, 5.41) is 2.97. The van der Waals surface area contributed by atoms with Crippen LogP contribution < -0.4 is 10.9 Å². The van der Waals surface area contributed by atoms with Gasteiger partial charge in [0.05, 0.1) is 5.56 Å². The van der Waals surface area contributed by atoms with Gasteiger partial charge in [-0.05, 0) is 67.1 Å². The van der Waals surface area contributed by atoms with E-state index in [4.69, 9.17) is 0 Å². The summed E-state index contributed by atoms with van der Waals surface area (Å²) in [6, 6.07) is 7.36. The van der Waals surface area contributed by atoms with Gasteiger partial charge in [-0.3, -0.25) is 19.0 Å². The summed E-state index contributed by atoms with van der Waals surface area (Å²) in [4.78, 5) is 43.9. The van der Waals surface area contributed by atoms with Crippen molar-refractivity contribution in [2.24, 2.45) is 0 Å². The first kappa shape index (κ1) is 20.2. The molecule has 1 aliphatic heterocycles. The van der Waals surface area contributed by atoms with E-state index in [-0.39, 0.29) is 30.0 Å². The number of halogens is 1. The number of nitrogens with one attached hydrogen (secondary N) is 2. The summed E-state index contributed by atoms with van der Waals surface area (Å²) in [5.74, 6) is -0.902. The number of amides is 2. The number of hydrogen-bond acceptors (Lipinski definition) is 3. The summed E-state index contributed by atoms with van der Waals surface area (Å²) in [5.41, 5.74) is 2.13. The number of benzene rings is 1. The SMILES string of the molecule is O=C(NC1CCC1)c1c2c(cn(-c3ccc(F)cc3)c1=O)CN(C(=O)c1cc[nH]c1)CC2. The van der Waals surface area contributed by atoms with Gasteiger partial charge in [0.25, 0.3) is 17.4 Å². The lowest BCUT2D eigenvalue weighted by Crippen LogP contribution is -2.45. The Morgan fingerprint density at radius 2 is 1.91 bits per heavy atom. The first-order valence-electron chi connectivity index (χ1n) is 10.8. The third-order valence-electron chi connectivity index (χ3n) is 6.30. The average Bonchev–Trinajstić information content (AvgIpc) is 3.30. The van der Waals surface area contributed by atoms with Gasteiger partial charge >= 0.3 is 0 Å². The summed E-state index contributed by atoms with van der Waals surface area (Å²) in [6.07, 6.45) is 8.31. The van der Waals surface area contributed by atoms with E-state index in [9.17, 15) is 18.8 Å². The number of carbonyl (C=O) groups is 2. The normalized spacial score (nSPS) is 15.7. The summed E-state index contributed by atoms with van der Waals surface area (Å²) in [6.45, 7) is 0.700. The van der Waals surface area contributed by atoms with Gasteiger partial charge in [0.15, 0.2) is 0 Å². The number of hydrogen-bond donors (Lipinski definition) is 2. The predicted octanol–water partition coefficient (Wildman–Crippen LogP) is 2.79. The molecule has 1 aliphatic carbocycles. The Hall–Kier alpha value is -3.68. The van der Waals surface area contributed by atoms with Crippen molar-refractivity contribution in [2.45, 2.75) is 38.3 Å². The summed E-state index contributed by atoms with van der Waals surface area (Å²) >= 11 is 0. The Labute approximate surface area is 183 Å². The van der Waals surface area contributed by atoms with E-state index < -0.39 is 11.4 Å². The molecule has 1 saturated carbocycles. The highest BCUT2D eigenvalue weighted by Crippen LogP contribution is 2.25. The molecule has 0 spiro atoms. The molecule has 2 N–H and O–H groups in total. The molecule has 0 saturated heterocycles. The molecule has 2 aromatic heterocycles. The minimum Gasteiger partial charge on any atom is -0.367 e. The van der Waals surface area contributed by atoms with Gasteiger partial charge in [0.2, 0.25) is 0 Å². The van der Waals surface area contributed by atoms with Crippen LogP contribution in [0.3, 0.4) is 0 Å². The maximum atomic E-state index is 13.4. The minimum atomic E-state index is -0.433. The molecular formula is C24H23FN4O3. The van der Waals surface area contributed by atoms with Crippen LogP contribution in [0.2, 0.25) is 0 Å². The Morgan fingerprint density at radius 1 is 1.12 bits per heavy atom. The monoisotopic (exact) mass is 434 g/mol. The third-order valence-corrected chi connectivity index (χ3v) is 6.30. The van der Waals surface area contributed by atoms with Crippen LogP contribution in [0, 0.1) is 5.82 Å². The second kappa shape index (κ2) is 8.11. The molecule has 5 rings (SSSR count). The molecular weight excluding hydrogens is 411 g/mol. The van der Waals surface area contributed by atoms with Gasteiger partial charge in [-0.2, -0.15) is 0 Å². The number of fused-ring (bicyclic) bond motifs is 1. The van der Waals surface area contributed by atoms with Crippen LogP contribution >= 0.6 is 0 Å². The lowest BCUT2D eigenvalue weighted by atomic mass is 9.91. The molecule has 0 bridgehead atoms. The molecule has 2 amide bonds. The molecule has 1 fully saturated rings. The van der Waals surface area contributed by atoms with E-state index in [2.05, 4.69) is 10.3 Å². The average molecular weight is 434 g/mol. The van der Waals surface area contributed by atoms with Crippen molar-refractivity contribution in [1.29, 1.82) is 0 Å². The van der Waals surface area contributed by atoms with Crippen molar-refractivity contribution in [3.8, 4) is 5.69 Å². The first-order valence-corrected chi connectivity index (χ1v) is 10.8. The largest absolute Gasteiger partial charge is 0.367 e. The Bertz CT molecular complexity index is 1230. The first-order chi connectivity index (χ1) is 15.5. The molecule has 164 valence electrons. The van der Waals surface area contributed by atoms with Gasteiger partial charge in [-0.15, -0.1) is 0 Å². The fourth-order valence-electron chi connectivity index (χ4n) is 4.31. The van der Waals surface area contributed by atoms with Crippen molar-refractivity contribution >= 4 is 11.8 Å². The second-order valence-corrected chi connectivity index (χ2v) is 8.34. The molecule has 1 aromatic carbocycles. The third kappa shape index (κ3) is 3.62. The van der Waals surface area contributed by atoms with E-state index in [0.29, 0.717) is 29.8 Å². The van der Waals surface area contributed by atoms with Crippen molar-refractivity contribution in [3.05, 3.63) is 87.3 Å². The fourth-order valence-corrected chi connectivity index (χ4v) is 4.31. The molecule has 7 nitrogen and oxygen atoms in total. The molecule has 0 atom stereocenters. The van der Waals surface area contributed by atoms with Crippen LogP contribution in [0.4, 0.5) is 4.39 Å². The van der Waals surface area contributed by atoms with Crippen molar-refractivity contribution < 1.29 is 14.0 Å². The van der Waals surface area contributed by atoms with E-state index in [0.717, 1.165) is 24.8 Å². The smallest absolute Gasteiger partial charge is 0.268 e. The zero-order valence-electron chi connectivity index (χ0n) is 17.4. The maximum absolute atomic E-state index is 13.4. The number of aromatic amines is 1. The second-order valence-electron chi connectivity index (χ2n) is 8.34. The number of rotatable bonds is 4. The molecule has 0 radical (unpaired) electrons. The van der Waals surface area contributed by atoms with Crippen LogP contribution in [0.5, 0.6) is 0 Å². The van der Waals surface area contributed by atoms with E-state index >= 15 is 0 Å². The van der Waals surface area contributed by atoms with Crippen LogP contribution in [0.15, 0.2) is 53.7 Å². The van der Waals surface area contributed by atoms with Gasteiger partial charge in [-0.1, -0.05) is 0 Å². The lowest BCUT2D eigenvalue weighted by Gasteiger charge is -2.31. The molecule has 0 unspecified atom stereocenters. The van der Waals surface area contributed by atoms with Crippen molar-refractivity contribution in [3.63, 3.8) is 0 Å². The van der Waals surface area contributed by atoms with E-state index in [1.54, 1.807) is 29.6 Å². The van der Waals surface area contributed by atoms with Crippen LogP contribution in [0.25, 0.3) is 5.69 Å². The number of nitrogens with zero attached hydrogens (tertiary/aromatic N) is 2. The predicted molar refractivity (Wildman–Crippen MR) is 116 cm³/mol. The highest BCUT2D eigenvalue weighted by atomic mass is 19.1. The number of pyridine rings is 1. The van der Waals surface area contributed by atoms with Crippen LogP contribution in [-0.4, -0.2) is 38.9 Å². The van der Waals surface area contributed by atoms with Crippen molar-refractivity contribution in [2.75, 3.05) is 6.54 Å². The fraction of sp³-hybridized carbons (Fsp3) is 0.292. The van der Waals surface area contributed by atoms with Crippen molar-refractivity contribution in [1.82, 2.24) is 19.8 Å². The highest BCUT2D eigenvalue weighted by Gasteiger charge is 2.30. The van der Waals surface area contributed by atoms with Gasteiger partial charge in [-0.25, -0.2) is 4.39 Å². The molecule has 2 aliphatic rings. The summed E-state index contributed by atoms with van der Waals surface area (Å²) < 4.78 is 14.8.